The average molecular weight is 351 g/mol. The maximum absolute atomic E-state index is 5.97. The summed E-state index contributed by atoms with van der Waals surface area (Å²) in [5, 5.41) is 0. The summed E-state index contributed by atoms with van der Waals surface area (Å²) >= 11 is 0. The van der Waals surface area contributed by atoms with E-state index in [0.717, 1.165) is 12.0 Å². The molecule has 25 heavy (non-hydrogen) atoms. The van der Waals surface area contributed by atoms with Crippen LogP contribution in [0.3, 0.4) is 0 Å². The lowest BCUT2D eigenvalue weighted by atomic mass is 9.87. The molecule has 0 radical (unpaired) electrons. The van der Waals surface area contributed by atoms with Crippen molar-refractivity contribution in [1.82, 2.24) is 0 Å². The van der Waals surface area contributed by atoms with Crippen molar-refractivity contribution in [2.75, 3.05) is 0 Å². The van der Waals surface area contributed by atoms with E-state index in [9.17, 15) is 0 Å². The van der Waals surface area contributed by atoms with Gasteiger partial charge in [0, 0.05) is 23.0 Å². The van der Waals surface area contributed by atoms with Crippen molar-refractivity contribution in [2.24, 2.45) is 11.8 Å². The van der Waals surface area contributed by atoms with E-state index in [1.807, 2.05) is 0 Å². The molecular formula is C24H34Si. The van der Waals surface area contributed by atoms with E-state index < -0.39 is 8.07 Å². The Morgan fingerprint density at radius 2 is 1.36 bits per heavy atom. The Labute approximate surface area is 156 Å². The molecule has 0 spiro atoms. The van der Waals surface area contributed by atoms with Crippen LogP contribution in [-0.4, -0.2) is 8.07 Å². The molecule has 2 bridgehead atoms. The standard InChI is InChI=1S/C24H34Si/c1-8-23-21-12-9-10-13-22(15-11-14-21)24(23)16-17-25(18(2)3,19(4)5)20(6)7/h1,9-10,12-13,18-22H,11,14-15H2,2-7H3/b12-9-,13-10-. The minimum atomic E-state index is -1.73. The van der Waals surface area contributed by atoms with Gasteiger partial charge in [0.25, 0.3) is 0 Å². The monoisotopic (exact) mass is 350 g/mol. The van der Waals surface area contributed by atoms with Gasteiger partial charge in [-0.2, -0.15) is 0 Å². The molecule has 0 aliphatic heterocycles. The van der Waals surface area contributed by atoms with Gasteiger partial charge in [0.15, 0.2) is 0 Å². The summed E-state index contributed by atoms with van der Waals surface area (Å²) in [6, 6.07) is 0. The molecule has 2 aliphatic rings. The second kappa shape index (κ2) is 8.29. The van der Waals surface area contributed by atoms with Crippen LogP contribution in [0.15, 0.2) is 35.5 Å². The number of terminal acetylenes is 1. The molecule has 0 saturated carbocycles. The smallest absolute Gasteiger partial charge is 0.125 e. The fourth-order valence-corrected chi connectivity index (χ4v) is 10.2. The van der Waals surface area contributed by atoms with Crippen molar-refractivity contribution >= 4 is 8.07 Å². The Bertz CT molecular complexity index is 645. The number of hydrogen-bond acceptors (Lipinski definition) is 0. The molecule has 0 aromatic rings. The molecule has 0 fully saturated rings. The Morgan fingerprint density at radius 1 is 0.880 bits per heavy atom. The molecule has 0 nitrogen and oxygen atoms in total. The first-order chi connectivity index (χ1) is 11.8. The van der Waals surface area contributed by atoms with Crippen LogP contribution in [-0.2, 0) is 0 Å². The molecular weight excluding hydrogens is 316 g/mol. The highest BCUT2D eigenvalue weighted by Crippen LogP contribution is 2.41. The molecule has 0 amide bonds. The molecule has 134 valence electrons. The summed E-state index contributed by atoms with van der Waals surface area (Å²) in [5.74, 6) is 7.50. The summed E-state index contributed by atoms with van der Waals surface area (Å²) in [4.78, 5) is 0. The van der Waals surface area contributed by atoms with Crippen LogP contribution < -0.4 is 0 Å². The maximum atomic E-state index is 5.97. The van der Waals surface area contributed by atoms with Crippen LogP contribution in [0.1, 0.15) is 60.8 Å². The predicted octanol–water partition coefficient (Wildman–Crippen LogP) is 6.68. The van der Waals surface area contributed by atoms with Gasteiger partial charge >= 0.3 is 0 Å². The third kappa shape index (κ3) is 3.88. The average Bonchev–Trinajstić information content (AvgIpc) is 2.60. The number of allylic oxidation sites excluding steroid dienone is 6. The Morgan fingerprint density at radius 3 is 1.80 bits per heavy atom. The van der Waals surface area contributed by atoms with Crippen molar-refractivity contribution < 1.29 is 0 Å². The molecule has 0 aromatic carbocycles. The number of hydrogen-bond donors (Lipinski definition) is 0. The zero-order valence-corrected chi connectivity index (χ0v) is 17.9. The van der Waals surface area contributed by atoms with Gasteiger partial charge in [-0.15, -0.1) is 12.0 Å². The molecule has 0 saturated heterocycles. The highest BCUT2D eigenvalue weighted by molar-refractivity contribution is 6.90. The predicted molar refractivity (Wildman–Crippen MR) is 114 cm³/mol. The summed E-state index contributed by atoms with van der Waals surface area (Å²) in [6.45, 7) is 14.2. The summed E-state index contributed by atoms with van der Waals surface area (Å²) in [7, 11) is -1.73. The Hall–Kier alpha value is -1.44. The van der Waals surface area contributed by atoms with E-state index in [0.29, 0.717) is 28.5 Å². The van der Waals surface area contributed by atoms with Gasteiger partial charge in [0.2, 0.25) is 0 Å². The second-order valence-corrected chi connectivity index (χ2v) is 14.1. The van der Waals surface area contributed by atoms with Crippen molar-refractivity contribution in [2.45, 2.75) is 77.4 Å². The number of rotatable bonds is 3. The lowest BCUT2D eigenvalue weighted by molar-refractivity contribution is 0.600. The first-order valence-electron chi connectivity index (χ1n) is 9.93. The van der Waals surface area contributed by atoms with Crippen LogP contribution >= 0.6 is 0 Å². The van der Waals surface area contributed by atoms with Crippen LogP contribution in [0.25, 0.3) is 0 Å². The molecule has 0 heterocycles. The van der Waals surface area contributed by atoms with Gasteiger partial charge in [-0.25, -0.2) is 0 Å². The summed E-state index contributed by atoms with van der Waals surface area (Å²) in [5.41, 5.74) is 8.25. The fraction of sp³-hybridized carbons (Fsp3) is 0.583. The fourth-order valence-electron chi connectivity index (χ4n) is 4.98. The minimum Gasteiger partial charge on any atom is -0.125 e. The van der Waals surface area contributed by atoms with Crippen LogP contribution in [0.5, 0.6) is 0 Å². The topological polar surface area (TPSA) is 0 Å². The molecule has 2 unspecified atom stereocenters. The quantitative estimate of drug-likeness (QED) is 0.393. The molecule has 0 aromatic heterocycles. The Kier molecular flexibility index (Phi) is 6.59. The third-order valence-electron chi connectivity index (χ3n) is 6.30. The van der Waals surface area contributed by atoms with Crippen molar-refractivity contribution in [3.63, 3.8) is 0 Å². The van der Waals surface area contributed by atoms with Gasteiger partial charge in [0.05, 0.1) is 0 Å². The van der Waals surface area contributed by atoms with Gasteiger partial charge in [-0.1, -0.05) is 84.1 Å². The second-order valence-electron chi connectivity index (χ2n) is 8.53. The summed E-state index contributed by atoms with van der Waals surface area (Å²) in [6.07, 6.45) is 18.4. The van der Waals surface area contributed by atoms with Gasteiger partial charge in [-0.05, 0) is 29.5 Å². The van der Waals surface area contributed by atoms with Gasteiger partial charge < -0.3 is 0 Å². The highest BCUT2D eigenvalue weighted by atomic mass is 28.3. The zero-order valence-electron chi connectivity index (χ0n) is 16.9. The van der Waals surface area contributed by atoms with E-state index in [1.54, 1.807) is 0 Å². The van der Waals surface area contributed by atoms with E-state index in [-0.39, 0.29) is 0 Å². The number of fused-ring (bicyclic) bond motifs is 2. The zero-order chi connectivity index (χ0) is 18.6. The SMILES string of the molecule is C#CC1=C(C#C[Si](C(C)C)(C(C)C)C(C)C)C2/C=C\C=C/C1CCC2. The van der Waals surface area contributed by atoms with Crippen LogP contribution in [0.4, 0.5) is 0 Å². The summed E-state index contributed by atoms with van der Waals surface area (Å²) < 4.78 is 0. The van der Waals surface area contributed by atoms with E-state index in [1.165, 1.54) is 18.4 Å². The highest BCUT2D eigenvalue weighted by Gasteiger charge is 2.42. The molecule has 1 heteroatoms. The lowest BCUT2D eigenvalue weighted by Crippen LogP contribution is -2.43. The van der Waals surface area contributed by atoms with Crippen LogP contribution in [0.2, 0.25) is 16.6 Å². The van der Waals surface area contributed by atoms with E-state index in [2.05, 4.69) is 83.2 Å². The van der Waals surface area contributed by atoms with E-state index in [4.69, 9.17) is 6.42 Å². The first-order valence-corrected chi connectivity index (χ1v) is 12.2. The molecule has 0 N–H and O–H groups in total. The molecule has 2 rings (SSSR count). The van der Waals surface area contributed by atoms with Gasteiger partial charge in [-0.3, -0.25) is 0 Å². The first kappa shape index (κ1) is 19.9. The molecule has 2 atom stereocenters. The molecule has 2 aliphatic carbocycles. The lowest BCUT2D eigenvalue weighted by Gasteiger charge is -2.38. The van der Waals surface area contributed by atoms with E-state index >= 15 is 0 Å². The largest absolute Gasteiger partial charge is 0.146 e. The normalized spacial score (nSPS) is 25.9. The van der Waals surface area contributed by atoms with Crippen LogP contribution in [0, 0.1) is 35.6 Å². The Balaban J connectivity index is 2.61. The van der Waals surface area contributed by atoms with Gasteiger partial charge in [0.1, 0.15) is 8.07 Å². The van der Waals surface area contributed by atoms with Crippen molar-refractivity contribution in [3.8, 4) is 23.8 Å². The third-order valence-corrected chi connectivity index (χ3v) is 12.6. The van der Waals surface area contributed by atoms with Crippen molar-refractivity contribution in [1.29, 1.82) is 0 Å². The van der Waals surface area contributed by atoms with Crippen molar-refractivity contribution in [3.05, 3.63) is 35.5 Å². The maximum Gasteiger partial charge on any atom is 0.146 e. The minimum absolute atomic E-state index is 0.373.